The Morgan fingerprint density at radius 3 is 2.50 bits per heavy atom. The van der Waals surface area contributed by atoms with E-state index in [0.717, 1.165) is 5.56 Å². The van der Waals surface area contributed by atoms with Crippen molar-refractivity contribution in [2.75, 3.05) is 0 Å². The molecule has 0 aliphatic rings. The van der Waals surface area contributed by atoms with Gasteiger partial charge in [0.2, 0.25) is 0 Å². The molecule has 2 aromatic carbocycles. The minimum Gasteiger partial charge on any atom is -0.455 e. The number of benzene rings is 2. The summed E-state index contributed by atoms with van der Waals surface area (Å²) in [5, 5.41) is 11.9. The molecule has 0 saturated heterocycles. The predicted octanol–water partition coefficient (Wildman–Crippen LogP) is 5.59. The first-order valence-electron chi connectivity index (χ1n) is 5.47. The number of alkyl halides is 1. The maximum atomic E-state index is 10.7. The van der Waals surface area contributed by atoms with Crippen LogP contribution in [-0.4, -0.2) is 4.92 Å². The van der Waals surface area contributed by atoms with Crippen LogP contribution in [0.3, 0.4) is 0 Å². The van der Waals surface area contributed by atoms with Crippen molar-refractivity contribution in [3.63, 3.8) is 0 Å². The summed E-state index contributed by atoms with van der Waals surface area (Å²) in [5.41, 5.74) is 0.804. The van der Waals surface area contributed by atoms with Gasteiger partial charge in [-0.05, 0) is 18.2 Å². The molecule has 0 unspecified atom stereocenters. The topological polar surface area (TPSA) is 52.4 Å². The fourth-order valence-electron chi connectivity index (χ4n) is 1.54. The molecule has 0 heterocycles. The zero-order valence-electron chi connectivity index (χ0n) is 9.98. The molecule has 4 nitrogen and oxygen atoms in total. The van der Waals surface area contributed by atoms with Crippen LogP contribution in [0.15, 0.2) is 36.4 Å². The molecule has 0 fully saturated rings. The lowest BCUT2D eigenvalue weighted by molar-refractivity contribution is -0.384. The van der Waals surface area contributed by atoms with Crippen molar-refractivity contribution >= 4 is 44.8 Å². The molecule has 7 heteroatoms. The molecule has 2 aromatic rings. The van der Waals surface area contributed by atoms with Gasteiger partial charge in [0.15, 0.2) is 0 Å². The lowest BCUT2D eigenvalue weighted by Crippen LogP contribution is -1.92. The minimum absolute atomic E-state index is 0.0887. The van der Waals surface area contributed by atoms with Crippen LogP contribution < -0.4 is 4.74 Å². The molecule has 0 aliphatic heterocycles. The van der Waals surface area contributed by atoms with Gasteiger partial charge in [-0.1, -0.05) is 45.2 Å². The molecule has 2 rings (SSSR count). The highest BCUT2D eigenvalue weighted by Gasteiger charge is 2.12. The monoisotopic (exact) mass is 375 g/mol. The minimum atomic E-state index is -0.515. The Morgan fingerprint density at radius 2 is 1.90 bits per heavy atom. The zero-order chi connectivity index (χ0) is 14.7. The van der Waals surface area contributed by atoms with Gasteiger partial charge in [0.1, 0.15) is 11.5 Å². The third kappa shape index (κ3) is 3.42. The standard InChI is InChI=1S/C13H8BrCl2NO3/c14-7-8-1-2-9(15)5-13(8)20-12-4-3-10(17(18)19)6-11(12)16/h1-6H,7H2. The summed E-state index contributed by atoms with van der Waals surface area (Å²) in [6.07, 6.45) is 0. The van der Waals surface area contributed by atoms with Gasteiger partial charge in [-0.15, -0.1) is 0 Å². The average Bonchev–Trinajstić information content (AvgIpc) is 2.41. The number of nitro benzene ring substituents is 1. The van der Waals surface area contributed by atoms with Crippen molar-refractivity contribution in [1.82, 2.24) is 0 Å². The van der Waals surface area contributed by atoms with Crippen LogP contribution in [0, 0.1) is 10.1 Å². The number of hydrogen-bond acceptors (Lipinski definition) is 3. The maximum Gasteiger partial charge on any atom is 0.271 e. The van der Waals surface area contributed by atoms with Crippen molar-refractivity contribution in [2.45, 2.75) is 5.33 Å². The largest absolute Gasteiger partial charge is 0.455 e. The molecule has 0 spiro atoms. The lowest BCUT2D eigenvalue weighted by atomic mass is 10.2. The quantitative estimate of drug-likeness (QED) is 0.397. The second-order valence-corrected chi connectivity index (χ2v) is 5.26. The first-order valence-corrected chi connectivity index (χ1v) is 7.35. The van der Waals surface area contributed by atoms with Gasteiger partial charge < -0.3 is 4.74 Å². The SMILES string of the molecule is O=[N+]([O-])c1ccc(Oc2cc(Cl)ccc2CBr)c(Cl)c1. The molecule has 0 amide bonds. The van der Waals surface area contributed by atoms with Crippen LogP contribution in [0.4, 0.5) is 5.69 Å². The van der Waals surface area contributed by atoms with Gasteiger partial charge in [-0.3, -0.25) is 10.1 Å². The first kappa shape index (κ1) is 15.1. The Balaban J connectivity index is 2.35. The van der Waals surface area contributed by atoms with Crippen molar-refractivity contribution in [3.8, 4) is 11.5 Å². The summed E-state index contributed by atoms with van der Waals surface area (Å²) < 4.78 is 5.68. The van der Waals surface area contributed by atoms with Gasteiger partial charge in [0, 0.05) is 28.0 Å². The van der Waals surface area contributed by atoms with E-state index in [1.807, 2.05) is 6.07 Å². The molecule has 104 valence electrons. The molecule has 0 aliphatic carbocycles. The van der Waals surface area contributed by atoms with Crippen molar-refractivity contribution in [3.05, 3.63) is 62.1 Å². The van der Waals surface area contributed by atoms with Crippen LogP contribution in [0.1, 0.15) is 5.56 Å². The van der Waals surface area contributed by atoms with Gasteiger partial charge in [0.05, 0.1) is 9.95 Å². The van der Waals surface area contributed by atoms with Crippen molar-refractivity contribution < 1.29 is 9.66 Å². The Morgan fingerprint density at radius 1 is 1.15 bits per heavy atom. The summed E-state index contributed by atoms with van der Waals surface area (Å²) >= 11 is 15.3. The fourth-order valence-corrected chi connectivity index (χ4v) is 2.38. The van der Waals surface area contributed by atoms with Crippen LogP contribution in [0.25, 0.3) is 0 Å². The summed E-state index contributed by atoms with van der Waals surface area (Å²) in [4.78, 5) is 10.1. The zero-order valence-corrected chi connectivity index (χ0v) is 13.1. The lowest BCUT2D eigenvalue weighted by Gasteiger charge is -2.11. The van der Waals surface area contributed by atoms with E-state index >= 15 is 0 Å². The predicted molar refractivity (Wildman–Crippen MR) is 82.3 cm³/mol. The summed E-state index contributed by atoms with van der Waals surface area (Å²) in [6, 6.07) is 9.28. The molecule has 0 radical (unpaired) electrons. The molecular weight excluding hydrogens is 369 g/mol. The van der Waals surface area contributed by atoms with Crippen LogP contribution >= 0.6 is 39.1 Å². The van der Waals surface area contributed by atoms with E-state index in [9.17, 15) is 10.1 Å². The Kier molecular flexibility index (Phi) is 4.86. The van der Waals surface area contributed by atoms with Crippen molar-refractivity contribution in [2.24, 2.45) is 0 Å². The number of halogens is 3. The van der Waals surface area contributed by atoms with E-state index in [4.69, 9.17) is 27.9 Å². The third-order valence-corrected chi connectivity index (χ3v) is 3.65. The van der Waals surface area contributed by atoms with Crippen molar-refractivity contribution in [1.29, 1.82) is 0 Å². The number of nitrogens with zero attached hydrogens (tertiary/aromatic N) is 1. The molecular formula is C13H8BrCl2NO3. The normalized spacial score (nSPS) is 10.3. The number of rotatable bonds is 4. The molecule has 0 aromatic heterocycles. The van der Waals surface area contributed by atoms with E-state index in [-0.39, 0.29) is 10.7 Å². The van der Waals surface area contributed by atoms with E-state index in [0.29, 0.717) is 21.9 Å². The van der Waals surface area contributed by atoms with E-state index in [1.165, 1.54) is 18.2 Å². The van der Waals surface area contributed by atoms with Gasteiger partial charge in [0.25, 0.3) is 5.69 Å². The summed E-state index contributed by atoms with van der Waals surface area (Å²) in [5.74, 6) is 0.881. The molecule has 0 saturated carbocycles. The van der Waals surface area contributed by atoms with Gasteiger partial charge >= 0.3 is 0 Å². The Labute approximate surface area is 133 Å². The summed E-state index contributed by atoms with van der Waals surface area (Å²) in [7, 11) is 0. The second kappa shape index (κ2) is 6.43. The smallest absolute Gasteiger partial charge is 0.271 e. The Hall–Kier alpha value is -1.30. The highest BCUT2D eigenvalue weighted by Crippen LogP contribution is 2.35. The molecule has 0 bridgehead atoms. The molecule has 0 N–H and O–H groups in total. The Bertz CT molecular complexity index is 664. The number of non-ortho nitro benzene ring substituents is 1. The van der Waals surface area contributed by atoms with Crippen LogP contribution in [0.5, 0.6) is 11.5 Å². The first-order chi connectivity index (χ1) is 9.51. The molecule has 0 atom stereocenters. The number of nitro groups is 1. The van der Waals surface area contributed by atoms with Gasteiger partial charge in [-0.25, -0.2) is 0 Å². The van der Waals surface area contributed by atoms with Crippen LogP contribution in [-0.2, 0) is 5.33 Å². The highest BCUT2D eigenvalue weighted by atomic mass is 79.9. The van der Waals surface area contributed by atoms with Gasteiger partial charge in [-0.2, -0.15) is 0 Å². The van der Waals surface area contributed by atoms with Crippen LogP contribution in [0.2, 0.25) is 10.0 Å². The highest BCUT2D eigenvalue weighted by molar-refractivity contribution is 9.08. The second-order valence-electron chi connectivity index (χ2n) is 3.86. The molecule has 20 heavy (non-hydrogen) atoms. The van der Waals surface area contributed by atoms with E-state index < -0.39 is 4.92 Å². The maximum absolute atomic E-state index is 10.7. The third-order valence-electron chi connectivity index (χ3n) is 2.52. The number of ether oxygens (including phenoxy) is 1. The van der Waals surface area contributed by atoms with E-state index in [2.05, 4.69) is 15.9 Å². The fraction of sp³-hybridized carbons (Fsp3) is 0.0769. The average molecular weight is 377 g/mol. The summed E-state index contributed by atoms with van der Waals surface area (Å²) in [6.45, 7) is 0. The van der Waals surface area contributed by atoms with E-state index in [1.54, 1.807) is 12.1 Å². The number of hydrogen-bond donors (Lipinski definition) is 0.